The molecule has 0 aliphatic heterocycles. The number of benzene rings is 2. The lowest BCUT2D eigenvalue weighted by atomic mass is 10.2. The van der Waals surface area contributed by atoms with Gasteiger partial charge in [-0.05, 0) is 61.6 Å². The highest BCUT2D eigenvalue weighted by molar-refractivity contribution is 9.10. The van der Waals surface area contributed by atoms with Gasteiger partial charge in [-0.25, -0.2) is 4.39 Å². The average molecular weight is 413 g/mol. The van der Waals surface area contributed by atoms with Crippen molar-refractivity contribution in [3.63, 3.8) is 0 Å². The molecule has 0 saturated heterocycles. The van der Waals surface area contributed by atoms with Gasteiger partial charge in [0, 0.05) is 15.9 Å². The number of hydrogen-bond acceptors (Lipinski definition) is 2. The fourth-order valence-corrected chi connectivity index (χ4v) is 3.25. The van der Waals surface area contributed by atoms with E-state index in [0.717, 1.165) is 18.7 Å². The van der Waals surface area contributed by atoms with E-state index in [2.05, 4.69) is 57.8 Å². The van der Waals surface area contributed by atoms with Crippen molar-refractivity contribution < 1.29 is 4.39 Å². The van der Waals surface area contributed by atoms with Crippen LogP contribution in [0.15, 0.2) is 51.8 Å². The lowest BCUT2D eigenvalue weighted by molar-refractivity contribution is 0.631. The maximum Gasteiger partial charge on any atom is 0.170 e. The largest absolute Gasteiger partial charge is 0.362 e. The third-order valence-electron chi connectivity index (χ3n) is 3.08. The molecule has 0 heterocycles. The first-order chi connectivity index (χ1) is 11.0. The Hall–Kier alpha value is -1.11. The summed E-state index contributed by atoms with van der Waals surface area (Å²) in [5.74, 6) is 0.671. The summed E-state index contributed by atoms with van der Waals surface area (Å²) in [6.07, 6.45) is 0.975. The van der Waals surface area contributed by atoms with Gasteiger partial charge in [-0.2, -0.15) is 0 Å². The van der Waals surface area contributed by atoms with Gasteiger partial charge in [-0.3, -0.25) is 0 Å². The summed E-state index contributed by atoms with van der Waals surface area (Å²) < 4.78 is 14.4. The smallest absolute Gasteiger partial charge is 0.170 e. The second-order valence-electron chi connectivity index (χ2n) is 5.02. The molecule has 0 amide bonds. The molecule has 2 nitrogen and oxygen atoms in total. The molecule has 0 aromatic heterocycles. The average Bonchev–Trinajstić information content (AvgIpc) is 2.51. The van der Waals surface area contributed by atoms with Crippen LogP contribution in [-0.4, -0.2) is 17.4 Å². The van der Waals surface area contributed by atoms with Crippen LogP contribution in [0.2, 0.25) is 0 Å². The van der Waals surface area contributed by atoms with Crippen molar-refractivity contribution in [2.75, 3.05) is 17.6 Å². The van der Waals surface area contributed by atoms with Crippen LogP contribution in [0.25, 0.3) is 0 Å². The molecule has 2 aromatic carbocycles. The first-order valence-electron chi connectivity index (χ1n) is 7.24. The zero-order chi connectivity index (χ0) is 16.7. The maximum absolute atomic E-state index is 13.7. The van der Waals surface area contributed by atoms with Crippen LogP contribution >= 0.6 is 39.9 Å². The number of thioether (sulfide) groups is 1. The number of nitrogens with one attached hydrogen (secondary N) is 2. The molecule has 2 aromatic rings. The van der Waals surface area contributed by atoms with Gasteiger partial charge in [0.05, 0.1) is 5.69 Å². The zero-order valence-corrected chi connectivity index (χ0v) is 16.0. The quantitative estimate of drug-likeness (QED) is 0.378. The fourth-order valence-electron chi connectivity index (χ4n) is 1.86. The first kappa shape index (κ1) is 18.2. The number of hydrogen-bond donors (Lipinski definition) is 2. The Balaban J connectivity index is 1.65. The molecule has 0 spiro atoms. The summed E-state index contributed by atoms with van der Waals surface area (Å²) in [6.45, 7) is 2.84. The Morgan fingerprint density at radius 2 is 1.96 bits per heavy atom. The van der Waals surface area contributed by atoms with Gasteiger partial charge in [-0.15, -0.1) is 11.8 Å². The summed E-state index contributed by atoms with van der Waals surface area (Å²) in [5, 5.41) is 6.40. The van der Waals surface area contributed by atoms with Gasteiger partial charge >= 0.3 is 0 Å². The molecule has 2 rings (SSSR count). The first-order valence-corrected chi connectivity index (χ1v) is 9.42. The number of halogens is 2. The summed E-state index contributed by atoms with van der Waals surface area (Å²) in [4.78, 5) is 1.27. The van der Waals surface area contributed by atoms with Crippen molar-refractivity contribution in [2.24, 2.45) is 0 Å². The van der Waals surface area contributed by atoms with Gasteiger partial charge in [-0.1, -0.05) is 33.6 Å². The number of thiocarbonyl (C=S) groups is 1. The van der Waals surface area contributed by atoms with Gasteiger partial charge in [0.25, 0.3) is 0 Å². The van der Waals surface area contributed by atoms with Crippen molar-refractivity contribution in [3.8, 4) is 0 Å². The van der Waals surface area contributed by atoms with Crippen LogP contribution in [-0.2, 0) is 0 Å². The van der Waals surface area contributed by atoms with Gasteiger partial charge in [0.1, 0.15) is 5.82 Å². The van der Waals surface area contributed by atoms with E-state index in [9.17, 15) is 4.39 Å². The van der Waals surface area contributed by atoms with Crippen molar-refractivity contribution in [1.82, 2.24) is 5.32 Å². The third-order valence-corrected chi connectivity index (χ3v) is 4.91. The van der Waals surface area contributed by atoms with Crippen LogP contribution in [0.3, 0.4) is 0 Å². The molecule has 0 radical (unpaired) electrons. The van der Waals surface area contributed by atoms with Crippen LogP contribution < -0.4 is 10.6 Å². The normalized spacial score (nSPS) is 10.4. The van der Waals surface area contributed by atoms with Crippen LogP contribution in [0.1, 0.15) is 12.0 Å². The maximum atomic E-state index is 13.7. The van der Waals surface area contributed by atoms with E-state index >= 15 is 0 Å². The van der Waals surface area contributed by atoms with Gasteiger partial charge < -0.3 is 10.6 Å². The summed E-state index contributed by atoms with van der Waals surface area (Å²) in [7, 11) is 0. The highest BCUT2D eigenvalue weighted by atomic mass is 79.9. The summed E-state index contributed by atoms with van der Waals surface area (Å²) in [6, 6.07) is 13.3. The van der Waals surface area contributed by atoms with E-state index in [-0.39, 0.29) is 5.82 Å². The highest BCUT2D eigenvalue weighted by Gasteiger charge is 2.04. The monoisotopic (exact) mass is 412 g/mol. The predicted molar refractivity (Wildman–Crippen MR) is 105 cm³/mol. The summed E-state index contributed by atoms with van der Waals surface area (Å²) >= 11 is 10.2. The highest BCUT2D eigenvalue weighted by Crippen LogP contribution is 2.20. The van der Waals surface area contributed by atoms with Crippen LogP contribution in [0.5, 0.6) is 0 Å². The number of anilines is 1. The lowest BCUT2D eigenvalue weighted by Crippen LogP contribution is -2.29. The molecule has 0 bridgehead atoms. The van der Waals surface area contributed by atoms with E-state index < -0.39 is 0 Å². The predicted octanol–water partition coefficient (Wildman–Crippen LogP) is 5.37. The molecule has 0 fully saturated rings. The molecule has 6 heteroatoms. The minimum absolute atomic E-state index is 0.335. The van der Waals surface area contributed by atoms with Gasteiger partial charge in [0.15, 0.2) is 5.11 Å². The standard InChI is InChI=1S/C17H18BrFN2S2/c1-12-3-6-14(7-4-12)23-10-2-9-20-17(22)21-16-8-5-13(18)11-15(16)19/h3-8,11H,2,9-10H2,1H3,(H2,20,21,22). The van der Waals surface area contributed by atoms with Crippen molar-refractivity contribution >= 4 is 50.7 Å². The molecule has 0 atom stereocenters. The molecule has 23 heavy (non-hydrogen) atoms. The fraction of sp³-hybridized carbons (Fsp3) is 0.235. The Labute approximate surface area is 154 Å². The Morgan fingerprint density at radius 1 is 1.22 bits per heavy atom. The number of aryl methyl sites for hydroxylation is 1. The minimum atomic E-state index is -0.335. The molecule has 122 valence electrons. The Bertz CT molecular complexity index is 662. The topological polar surface area (TPSA) is 24.1 Å². The van der Waals surface area contributed by atoms with E-state index in [1.807, 2.05) is 11.8 Å². The van der Waals surface area contributed by atoms with Crippen LogP contribution in [0.4, 0.5) is 10.1 Å². The van der Waals surface area contributed by atoms with Gasteiger partial charge in [0.2, 0.25) is 0 Å². The van der Waals surface area contributed by atoms with E-state index in [4.69, 9.17) is 12.2 Å². The van der Waals surface area contributed by atoms with E-state index in [1.165, 1.54) is 16.5 Å². The molecule has 0 unspecified atom stereocenters. The van der Waals surface area contributed by atoms with E-state index in [0.29, 0.717) is 15.3 Å². The molecular formula is C17H18BrFN2S2. The molecule has 2 N–H and O–H groups in total. The minimum Gasteiger partial charge on any atom is -0.362 e. The Kier molecular flexibility index (Phi) is 7.33. The van der Waals surface area contributed by atoms with Crippen molar-refractivity contribution in [2.45, 2.75) is 18.2 Å². The third kappa shape index (κ3) is 6.49. The molecule has 0 saturated carbocycles. The number of rotatable bonds is 6. The molecular weight excluding hydrogens is 395 g/mol. The zero-order valence-electron chi connectivity index (χ0n) is 12.7. The second kappa shape index (κ2) is 9.25. The SMILES string of the molecule is Cc1ccc(SCCCNC(=S)Nc2ccc(Br)cc2F)cc1. The second-order valence-corrected chi connectivity index (χ2v) is 7.51. The van der Waals surface area contributed by atoms with Crippen molar-refractivity contribution in [1.29, 1.82) is 0 Å². The molecule has 0 aliphatic carbocycles. The Morgan fingerprint density at radius 3 is 2.65 bits per heavy atom. The lowest BCUT2D eigenvalue weighted by Gasteiger charge is -2.11. The van der Waals surface area contributed by atoms with Crippen LogP contribution in [0, 0.1) is 12.7 Å². The molecule has 0 aliphatic rings. The van der Waals surface area contributed by atoms with Crippen molar-refractivity contribution in [3.05, 3.63) is 58.3 Å². The van der Waals surface area contributed by atoms with E-state index in [1.54, 1.807) is 12.1 Å². The summed E-state index contributed by atoms with van der Waals surface area (Å²) in [5.41, 5.74) is 1.65.